The first-order valence-electron chi connectivity index (χ1n) is 6.00. The van der Waals surface area contributed by atoms with E-state index in [1.165, 1.54) is 12.4 Å². The van der Waals surface area contributed by atoms with E-state index in [2.05, 4.69) is 52.5 Å². The molecule has 0 unspecified atom stereocenters. The smallest absolute Gasteiger partial charge is 0.150 e. The molecule has 0 aliphatic rings. The van der Waals surface area contributed by atoms with Crippen LogP contribution in [0.4, 0.5) is 21.7 Å². The van der Waals surface area contributed by atoms with Crippen molar-refractivity contribution in [2.75, 3.05) is 17.2 Å². The number of halogens is 3. The second-order valence-electron chi connectivity index (χ2n) is 4.12. The summed E-state index contributed by atoms with van der Waals surface area (Å²) >= 11 is 6.64. The fourth-order valence-corrected chi connectivity index (χ4v) is 2.44. The lowest BCUT2D eigenvalue weighted by Gasteiger charge is -2.13. The molecule has 2 aromatic rings. The SMILES string of the molecule is CCNc1ncnc(Nc2cc(Br)c(F)cc2C)c1Br. The number of nitrogens with zero attached hydrogens (tertiary/aromatic N) is 2. The molecule has 0 bridgehead atoms. The van der Waals surface area contributed by atoms with Crippen LogP contribution in [-0.4, -0.2) is 16.5 Å². The van der Waals surface area contributed by atoms with E-state index in [9.17, 15) is 4.39 Å². The zero-order chi connectivity index (χ0) is 14.7. The maximum Gasteiger partial charge on any atom is 0.150 e. The van der Waals surface area contributed by atoms with Gasteiger partial charge < -0.3 is 10.6 Å². The molecule has 2 rings (SSSR count). The number of hydrogen-bond donors (Lipinski definition) is 2. The summed E-state index contributed by atoms with van der Waals surface area (Å²) in [6.07, 6.45) is 1.47. The van der Waals surface area contributed by atoms with Gasteiger partial charge in [-0.3, -0.25) is 0 Å². The first kappa shape index (κ1) is 15.2. The Balaban J connectivity index is 2.35. The summed E-state index contributed by atoms with van der Waals surface area (Å²) < 4.78 is 14.6. The van der Waals surface area contributed by atoms with Crippen LogP contribution in [0.5, 0.6) is 0 Å². The standard InChI is InChI=1S/C13H13Br2FN4/c1-3-17-12-11(15)13(19-6-18-12)20-10-5-8(14)9(16)4-7(10)2/h4-6H,3H2,1-2H3,(H2,17,18,19,20). The summed E-state index contributed by atoms with van der Waals surface area (Å²) in [6, 6.07) is 3.15. The number of nitrogens with one attached hydrogen (secondary N) is 2. The minimum atomic E-state index is -0.289. The third kappa shape index (κ3) is 3.27. The highest BCUT2D eigenvalue weighted by Gasteiger charge is 2.11. The van der Waals surface area contributed by atoms with Crippen LogP contribution in [0.3, 0.4) is 0 Å². The molecule has 0 spiro atoms. The van der Waals surface area contributed by atoms with Crippen molar-refractivity contribution in [3.8, 4) is 0 Å². The molecule has 2 N–H and O–H groups in total. The third-order valence-electron chi connectivity index (χ3n) is 2.65. The van der Waals surface area contributed by atoms with Gasteiger partial charge in [0, 0.05) is 12.2 Å². The Morgan fingerprint density at radius 3 is 2.60 bits per heavy atom. The van der Waals surface area contributed by atoms with E-state index < -0.39 is 0 Å². The first-order valence-corrected chi connectivity index (χ1v) is 7.58. The van der Waals surface area contributed by atoms with Crippen molar-refractivity contribution < 1.29 is 4.39 Å². The summed E-state index contributed by atoms with van der Waals surface area (Å²) in [5.41, 5.74) is 1.57. The van der Waals surface area contributed by atoms with Crippen molar-refractivity contribution in [1.29, 1.82) is 0 Å². The molecule has 0 atom stereocenters. The average Bonchev–Trinajstić information content (AvgIpc) is 2.40. The number of aromatic nitrogens is 2. The Kier molecular flexibility index (Phi) is 4.93. The monoisotopic (exact) mass is 402 g/mol. The van der Waals surface area contributed by atoms with Crippen LogP contribution in [0.2, 0.25) is 0 Å². The number of rotatable bonds is 4. The van der Waals surface area contributed by atoms with Crippen molar-refractivity contribution >= 4 is 49.2 Å². The van der Waals surface area contributed by atoms with Gasteiger partial charge in [0.25, 0.3) is 0 Å². The summed E-state index contributed by atoms with van der Waals surface area (Å²) in [5, 5.41) is 6.30. The van der Waals surface area contributed by atoms with Crippen LogP contribution in [0, 0.1) is 12.7 Å². The van der Waals surface area contributed by atoms with Crippen molar-refractivity contribution in [3.63, 3.8) is 0 Å². The first-order chi connectivity index (χ1) is 9.52. The summed E-state index contributed by atoms with van der Waals surface area (Å²) in [5.74, 6) is 1.05. The highest BCUT2D eigenvalue weighted by atomic mass is 79.9. The van der Waals surface area contributed by atoms with Crippen LogP contribution >= 0.6 is 31.9 Å². The Hall–Kier alpha value is -1.21. The molecule has 0 saturated heterocycles. The second kappa shape index (κ2) is 6.49. The minimum Gasteiger partial charge on any atom is -0.369 e. The lowest BCUT2D eigenvalue weighted by molar-refractivity contribution is 0.620. The fourth-order valence-electron chi connectivity index (χ4n) is 1.66. The van der Waals surface area contributed by atoms with Gasteiger partial charge in [0.2, 0.25) is 0 Å². The highest BCUT2D eigenvalue weighted by molar-refractivity contribution is 9.11. The quantitative estimate of drug-likeness (QED) is 0.781. The number of anilines is 3. The Morgan fingerprint density at radius 1 is 1.20 bits per heavy atom. The zero-order valence-electron chi connectivity index (χ0n) is 11.0. The summed E-state index contributed by atoms with van der Waals surface area (Å²) in [7, 11) is 0. The number of aryl methyl sites for hydroxylation is 1. The maximum atomic E-state index is 13.4. The third-order valence-corrected chi connectivity index (χ3v) is 4.01. The van der Waals surface area contributed by atoms with Gasteiger partial charge in [0.15, 0.2) is 0 Å². The van der Waals surface area contributed by atoms with Gasteiger partial charge in [-0.25, -0.2) is 14.4 Å². The van der Waals surface area contributed by atoms with E-state index >= 15 is 0 Å². The van der Waals surface area contributed by atoms with Gasteiger partial charge in [-0.2, -0.15) is 0 Å². The molecule has 20 heavy (non-hydrogen) atoms. The molecule has 7 heteroatoms. The predicted octanol–water partition coefficient (Wildman–Crippen LogP) is 4.62. The number of benzene rings is 1. The van der Waals surface area contributed by atoms with E-state index in [0.29, 0.717) is 16.1 Å². The molecule has 0 amide bonds. The molecular formula is C13H13Br2FN4. The van der Waals surface area contributed by atoms with E-state index in [1.54, 1.807) is 6.07 Å². The highest BCUT2D eigenvalue weighted by Crippen LogP contribution is 2.31. The Morgan fingerprint density at radius 2 is 1.90 bits per heavy atom. The lowest BCUT2D eigenvalue weighted by Crippen LogP contribution is -2.04. The van der Waals surface area contributed by atoms with Crippen molar-refractivity contribution in [1.82, 2.24) is 9.97 Å². The van der Waals surface area contributed by atoms with E-state index in [0.717, 1.165) is 22.3 Å². The minimum absolute atomic E-state index is 0.289. The number of hydrogen-bond acceptors (Lipinski definition) is 4. The molecule has 1 aromatic carbocycles. The van der Waals surface area contributed by atoms with Gasteiger partial charge in [-0.1, -0.05) is 0 Å². The van der Waals surface area contributed by atoms with Gasteiger partial charge in [0.05, 0.1) is 4.47 Å². The molecule has 0 fully saturated rings. The van der Waals surface area contributed by atoms with Gasteiger partial charge >= 0.3 is 0 Å². The normalized spacial score (nSPS) is 10.4. The fraction of sp³-hybridized carbons (Fsp3) is 0.231. The van der Waals surface area contributed by atoms with Crippen molar-refractivity contribution in [2.45, 2.75) is 13.8 Å². The maximum absolute atomic E-state index is 13.4. The topological polar surface area (TPSA) is 49.8 Å². The van der Waals surface area contributed by atoms with Crippen molar-refractivity contribution in [2.24, 2.45) is 0 Å². The van der Waals surface area contributed by atoms with Gasteiger partial charge in [-0.15, -0.1) is 0 Å². The van der Waals surface area contributed by atoms with E-state index in [1.807, 2.05) is 13.8 Å². The van der Waals surface area contributed by atoms with Gasteiger partial charge in [0.1, 0.15) is 28.3 Å². The Labute approximate surface area is 133 Å². The molecule has 0 aliphatic heterocycles. The van der Waals surface area contributed by atoms with E-state index in [4.69, 9.17) is 0 Å². The van der Waals surface area contributed by atoms with E-state index in [-0.39, 0.29) is 5.82 Å². The second-order valence-corrected chi connectivity index (χ2v) is 5.77. The zero-order valence-corrected chi connectivity index (χ0v) is 14.1. The van der Waals surface area contributed by atoms with Crippen LogP contribution in [0.1, 0.15) is 12.5 Å². The predicted molar refractivity (Wildman–Crippen MR) is 86.0 cm³/mol. The summed E-state index contributed by atoms with van der Waals surface area (Å²) in [4.78, 5) is 8.34. The van der Waals surface area contributed by atoms with Crippen LogP contribution < -0.4 is 10.6 Å². The molecule has 1 aromatic heterocycles. The molecule has 4 nitrogen and oxygen atoms in total. The lowest BCUT2D eigenvalue weighted by atomic mass is 10.2. The molecule has 106 valence electrons. The largest absolute Gasteiger partial charge is 0.369 e. The molecule has 0 radical (unpaired) electrons. The molecule has 0 aliphatic carbocycles. The van der Waals surface area contributed by atoms with Crippen LogP contribution in [-0.2, 0) is 0 Å². The summed E-state index contributed by atoms with van der Waals surface area (Å²) in [6.45, 7) is 4.58. The molecule has 1 heterocycles. The molecular weight excluding hydrogens is 391 g/mol. The Bertz CT molecular complexity index is 634. The molecule has 0 saturated carbocycles. The van der Waals surface area contributed by atoms with Crippen molar-refractivity contribution in [3.05, 3.63) is 38.8 Å². The van der Waals surface area contributed by atoms with Crippen LogP contribution in [0.15, 0.2) is 27.4 Å². The van der Waals surface area contributed by atoms with Crippen LogP contribution in [0.25, 0.3) is 0 Å². The van der Waals surface area contributed by atoms with Gasteiger partial charge in [-0.05, 0) is 63.4 Å². The average molecular weight is 404 g/mol.